The van der Waals surface area contributed by atoms with Crippen molar-refractivity contribution in [2.24, 2.45) is 22.2 Å². The molecule has 0 aromatic heterocycles. The summed E-state index contributed by atoms with van der Waals surface area (Å²) >= 11 is 0. The average molecular weight is 277 g/mol. The first-order chi connectivity index (χ1) is 9.24. The fourth-order valence-corrected chi connectivity index (χ4v) is 1.61. The molecule has 0 fully saturated rings. The van der Waals surface area contributed by atoms with Gasteiger partial charge >= 0.3 is 0 Å². The van der Waals surface area contributed by atoms with Crippen LogP contribution in [0.4, 0.5) is 5.69 Å². The van der Waals surface area contributed by atoms with Gasteiger partial charge < -0.3 is 16.3 Å². The number of rotatable bonds is 4. The van der Waals surface area contributed by atoms with Crippen LogP contribution < -0.4 is 11.1 Å². The largest absolute Gasteiger partial charge is 0.409 e. The number of benzene rings is 1. The standard InChI is InChI=1S/C15H23N3O2/c1-10(15(2,3)4)8-13(19)17-12-7-5-6-11(9-12)14(16)18-20/h5-7,9-10,20H,8H2,1-4H3,(H2,16,18)(H,17,19). The fraction of sp³-hybridized carbons (Fsp3) is 0.467. The van der Waals surface area contributed by atoms with E-state index in [4.69, 9.17) is 10.9 Å². The molecular weight excluding hydrogens is 254 g/mol. The number of hydrogen-bond acceptors (Lipinski definition) is 3. The summed E-state index contributed by atoms with van der Waals surface area (Å²) < 4.78 is 0. The van der Waals surface area contributed by atoms with Gasteiger partial charge in [-0.1, -0.05) is 45.0 Å². The van der Waals surface area contributed by atoms with E-state index in [2.05, 4.69) is 38.2 Å². The number of amides is 1. The molecule has 1 aromatic rings. The van der Waals surface area contributed by atoms with E-state index in [0.717, 1.165) is 0 Å². The summed E-state index contributed by atoms with van der Waals surface area (Å²) in [6.07, 6.45) is 0.456. The zero-order chi connectivity index (χ0) is 15.3. The lowest BCUT2D eigenvalue weighted by molar-refractivity contribution is -0.117. The molecule has 1 atom stereocenters. The van der Waals surface area contributed by atoms with Crippen molar-refractivity contribution in [1.82, 2.24) is 0 Å². The number of amidine groups is 1. The van der Waals surface area contributed by atoms with Gasteiger partial charge in [-0.05, 0) is 23.5 Å². The molecule has 1 aromatic carbocycles. The second kappa shape index (κ2) is 6.41. The summed E-state index contributed by atoms with van der Waals surface area (Å²) in [5.74, 6) is 0.253. The SMILES string of the molecule is CC(CC(=O)Nc1cccc(C(N)=NO)c1)C(C)(C)C. The summed E-state index contributed by atoms with van der Waals surface area (Å²) in [6, 6.07) is 6.90. The Bertz CT molecular complexity index is 504. The predicted octanol–water partition coefficient (Wildman–Crippen LogP) is 2.79. The minimum absolute atomic E-state index is 0.0177. The zero-order valence-corrected chi connectivity index (χ0v) is 12.5. The number of carbonyl (C=O) groups is 1. The number of nitrogens with one attached hydrogen (secondary N) is 1. The van der Waals surface area contributed by atoms with E-state index in [1.54, 1.807) is 24.3 Å². The normalized spacial score (nSPS) is 13.9. The minimum atomic E-state index is -0.0379. The van der Waals surface area contributed by atoms with Crippen LogP contribution in [0.15, 0.2) is 29.4 Å². The highest BCUT2D eigenvalue weighted by Crippen LogP contribution is 2.28. The molecule has 0 saturated heterocycles. The molecule has 0 radical (unpaired) electrons. The monoisotopic (exact) mass is 277 g/mol. The zero-order valence-electron chi connectivity index (χ0n) is 12.5. The topological polar surface area (TPSA) is 87.7 Å². The van der Waals surface area contributed by atoms with E-state index < -0.39 is 0 Å². The highest BCUT2D eigenvalue weighted by molar-refractivity contribution is 5.99. The smallest absolute Gasteiger partial charge is 0.224 e. The van der Waals surface area contributed by atoms with Gasteiger partial charge in [-0.3, -0.25) is 4.79 Å². The van der Waals surface area contributed by atoms with E-state index >= 15 is 0 Å². The van der Waals surface area contributed by atoms with Crippen molar-refractivity contribution >= 4 is 17.4 Å². The molecule has 20 heavy (non-hydrogen) atoms. The summed E-state index contributed by atoms with van der Waals surface area (Å²) in [6.45, 7) is 8.41. The molecule has 5 nitrogen and oxygen atoms in total. The summed E-state index contributed by atoms with van der Waals surface area (Å²) in [7, 11) is 0. The van der Waals surface area contributed by atoms with Crippen molar-refractivity contribution in [3.63, 3.8) is 0 Å². The van der Waals surface area contributed by atoms with Gasteiger partial charge in [-0.2, -0.15) is 0 Å². The van der Waals surface area contributed by atoms with Crippen molar-refractivity contribution in [2.75, 3.05) is 5.32 Å². The van der Waals surface area contributed by atoms with E-state index in [-0.39, 0.29) is 23.1 Å². The van der Waals surface area contributed by atoms with Crippen LogP contribution >= 0.6 is 0 Å². The van der Waals surface area contributed by atoms with Gasteiger partial charge in [-0.15, -0.1) is 0 Å². The average Bonchev–Trinajstić information content (AvgIpc) is 2.36. The van der Waals surface area contributed by atoms with Crippen LogP contribution in [0.1, 0.15) is 39.7 Å². The van der Waals surface area contributed by atoms with E-state index in [1.807, 2.05) is 0 Å². The predicted molar refractivity (Wildman–Crippen MR) is 80.8 cm³/mol. The van der Waals surface area contributed by atoms with Crippen LogP contribution in [-0.2, 0) is 4.79 Å². The quantitative estimate of drug-likeness (QED) is 0.342. The van der Waals surface area contributed by atoms with Crippen LogP contribution in [0.25, 0.3) is 0 Å². The summed E-state index contributed by atoms with van der Waals surface area (Å²) in [5.41, 5.74) is 6.81. The van der Waals surface area contributed by atoms with Crippen LogP contribution in [0, 0.1) is 11.3 Å². The molecule has 0 heterocycles. The maximum atomic E-state index is 12.0. The second-order valence-corrected chi connectivity index (χ2v) is 6.09. The van der Waals surface area contributed by atoms with Gasteiger partial charge in [0.15, 0.2) is 5.84 Å². The van der Waals surface area contributed by atoms with Gasteiger partial charge in [0.05, 0.1) is 0 Å². The first-order valence-corrected chi connectivity index (χ1v) is 6.62. The number of nitrogens with zero attached hydrogens (tertiary/aromatic N) is 1. The Kier molecular flexibility index (Phi) is 5.13. The number of anilines is 1. The maximum Gasteiger partial charge on any atom is 0.224 e. The van der Waals surface area contributed by atoms with Gasteiger partial charge in [0.2, 0.25) is 5.91 Å². The molecule has 110 valence electrons. The highest BCUT2D eigenvalue weighted by atomic mass is 16.4. The van der Waals surface area contributed by atoms with Crippen molar-refractivity contribution in [2.45, 2.75) is 34.1 Å². The van der Waals surface area contributed by atoms with Crippen LogP contribution in [0.3, 0.4) is 0 Å². The molecule has 0 aliphatic heterocycles. The van der Waals surface area contributed by atoms with Crippen molar-refractivity contribution in [1.29, 1.82) is 0 Å². The van der Waals surface area contributed by atoms with Crippen molar-refractivity contribution in [3.8, 4) is 0 Å². The molecule has 1 rings (SSSR count). The van der Waals surface area contributed by atoms with E-state index in [1.165, 1.54) is 0 Å². The van der Waals surface area contributed by atoms with Crippen LogP contribution in [0.5, 0.6) is 0 Å². The van der Waals surface area contributed by atoms with Gasteiger partial charge in [0.25, 0.3) is 0 Å². The Morgan fingerprint density at radius 1 is 1.45 bits per heavy atom. The number of hydrogen-bond donors (Lipinski definition) is 3. The molecular formula is C15H23N3O2. The number of oxime groups is 1. The molecule has 0 saturated carbocycles. The summed E-state index contributed by atoms with van der Waals surface area (Å²) in [5, 5.41) is 14.4. The third-order valence-electron chi connectivity index (χ3n) is 3.52. The Hall–Kier alpha value is -2.04. The van der Waals surface area contributed by atoms with Crippen molar-refractivity contribution < 1.29 is 10.0 Å². The molecule has 4 N–H and O–H groups in total. The molecule has 5 heteroatoms. The first-order valence-electron chi connectivity index (χ1n) is 6.62. The molecule has 0 aliphatic rings. The molecule has 0 bridgehead atoms. The second-order valence-electron chi connectivity index (χ2n) is 6.09. The molecule has 1 amide bonds. The minimum Gasteiger partial charge on any atom is -0.409 e. The third-order valence-corrected chi connectivity index (χ3v) is 3.52. The first kappa shape index (κ1) is 16.0. The highest BCUT2D eigenvalue weighted by Gasteiger charge is 2.22. The molecule has 0 aliphatic carbocycles. The Balaban J connectivity index is 2.72. The third kappa shape index (κ3) is 4.57. The Labute approximate surface area is 119 Å². The Morgan fingerprint density at radius 2 is 2.10 bits per heavy atom. The van der Waals surface area contributed by atoms with Crippen molar-refractivity contribution in [3.05, 3.63) is 29.8 Å². The van der Waals surface area contributed by atoms with Crippen LogP contribution in [0.2, 0.25) is 0 Å². The van der Waals surface area contributed by atoms with E-state index in [9.17, 15) is 4.79 Å². The lowest BCUT2D eigenvalue weighted by Gasteiger charge is -2.26. The molecule has 0 spiro atoms. The van der Waals surface area contributed by atoms with E-state index in [0.29, 0.717) is 17.7 Å². The summed E-state index contributed by atoms with van der Waals surface area (Å²) in [4.78, 5) is 12.0. The molecule has 1 unspecified atom stereocenters. The number of carbonyl (C=O) groups excluding carboxylic acids is 1. The Morgan fingerprint density at radius 3 is 2.65 bits per heavy atom. The lowest BCUT2D eigenvalue weighted by Crippen LogP contribution is -2.24. The lowest BCUT2D eigenvalue weighted by atomic mass is 9.80. The van der Waals surface area contributed by atoms with Gasteiger partial charge in [0, 0.05) is 17.7 Å². The maximum absolute atomic E-state index is 12.0. The number of nitrogens with two attached hydrogens (primary N) is 1. The van der Waals surface area contributed by atoms with Gasteiger partial charge in [-0.25, -0.2) is 0 Å². The van der Waals surface area contributed by atoms with Crippen LogP contribution in [-0.4, -0.2) is 17.0 Å². The van der Waals surface area contributed by atoms with Gasteiger partial charge in [0.1, 0.15) is 0 Å². The fourth-order valence-electron chi connectivity index (χ4n) is 1.61.